The minimum absolute atomic E-state index is 0.0121. The number of quaternary nitrogens is 1. The maximum absolute atomic E-state index is 12.7. The average Bonchev–Trinajstić information content (AvgIpc) is 3.13. The quantitative estimate of drug-likeness (QED) is 0.757. The van der Waals surface area contributed by atoms with Gasteiger partial charge in [0, 0.05) is 0 Å². The summed E-state index contributed by atoms with van der Waals surface area (Å²) < 4.78 is 5.44. The van der Waals surface area contributed by atoms with Gasteiger partial charge in [-0.05, 0) is 31.5 Å². The van der Waals surface area contributed by atoms with Crippen LogP contribution in [0.5, 0.6) is 0 Å². The molecule has 6 heteroatoms. The van der Waals surface area contributed by atoms with Crippen molar-refractivity contribution in [3.8, 4) is 0 Å². The first-order valence-corrected chi connectivity index (χ1v) is 9.74. The predicted octanol–water partition coefficient (Wildman–Crippen LogP) is 1.65. The van der Waals surface area contributed by atoms with Crippen molar-refractivity contribution in [3.05, 3.63) is 57.3 Å². The van der Waals surface area contributed by atoms with E-state index in [2.05, 4.69) is 36.5 Å². The number of benzene rings is 1. The van der Waals surface area contributed by atoms with Gasteiger partial charge in [-0.3, -0.25) is 9.59 Å². The number of morpholine rings is 1. The standard InChI is InChI=1S/C20H24N2O3S/c1-14-3-5-16(6-4-14)17(13-22-9-11-25-12-10-22)21-20(24)19-8-7-18(26-19)15(2)23/h3-8,17H,9-13H2,1-2H3,(H,21,24)/p+1/t17-/m1/s1. The molecule has 26 heavy (non-hydrogen) atoms. The van der Waals surface area contributed by atoms with Crippen LogP contribution >= 0.6 is 11.3 Å². The van der Waals surface area contributed by atoms with Gasteiger partial charge < -0.3 is 15.0 Å². The first-order chi connectivity index (χ1) is 12.5. The van der Waals surface area contributed by atoms with Crippen molar-refractivity contribution >= 4 is 23.0 Å². The van der Waals surface area contributed by atoms with Crippen LogP contribution in [0.3, 0.4) is 0 Å². The van der Waals surface area contributed by atoms with Crippen molar-refractivity contribution in [1.29, 1.82) is 0 Å². The number of carbonyl (C=O) groups excluding carboxylic acids is 2. The lowest BCUT2D eigenvalue weighted by Crippen LogP contribution is -3.14. The van der Waals surface area contributed by atoms with Gasteiger partial charge >= 0.3 is 0 Å². The van der Waals surface area contributed by atoms with E-state index in [1.165, 1.54) is 28.7 Å². The molecular formula is C20H25N2O3S+. The molecule has 1 atom stereocenters. The Morgan fingerprint density at radius 3 is 2.38 bits per heavy atom. The van der Waals surface area contributed by atoms with E-state index in [4.69, 9.17) is 4.74 Å². The largest absolute Gasteiger partial charge is 0.370 e. The van der Waals surface area contributed by atoms with Crippen molar-refractivity contribution in [3.63, 3.8) is 0 Å². The molecule has 0 aliphatic carbocycles. The number of thiophene rings is 1. The molecule has 0 bridgehead atoms. The van der Waals surface area contributed by atoms with Crippen molar-refractivity contribution in [1.82, 2.24) is 5.32 Å². The minimum atomic E-state index is -0.124. The first kappa shape index (κ1) is 18.8. The highest BCUT2D eigenvalue weighted by atomic mass is 32.1. The summed E-state index contributed by atoms with van der Waals surface area (Å²) >= 11 is 1.25. The van der Waals surface area contributed by atoms with Crippen LogP contribution in [0.4, 0.5) is 0 Å². The molecule has 3 rings (SSSR count). The molecular weight excluding hydrogens is 348 g/mol. The molecule has 0 spiro atoms. The molecule has 2 heterocycles. The van der Waals surface area contributed by atoms with Crippen LogP contribution in [0, 0.1) is 6.92 Å². The fourth-order valence-corrected chi connectivity index (χ4v) is 3.89. The second-order valence-corrected chi connectivity index (χ2v) is 7.81. The smallest absolute Gasteiger partial charge is 0.262 e. The normalized spacial score (nSPS) is 16.2. The summed E-state index contributed by atoms with van der Waals surface area (Å²) in [6.07, 6.45) is 0. The zero-order valence-corrected chi connectivity index (χ0v) is 16.0. The molecule has 0 saturated carbocycles. The number of hydrogen-bond acceptors (Lipinski definition) is 4. The second kappa shape index (κ2) is 8.58. The predicted molar refractivity (Wildman–Crippen MR) is 102 cm³/mol. The molecule has 1 aliphatic rings. The summed E-state index contributed by atoms with van der Waals surface area (Å²) in [4.78, 5) is 26.8. The highest BCUT2D eigenvalue weighted by molar-refractivity contribution is 7.15. The molecule has 1 aromatic carbocycles. The molecule has 5 nitrogen and oxygen atoms in total. The number of ketones is 1. The van der Waals surface area contributed by atoms with E-state index in [0.717, 1.165) is 38.4 Å². The van der Waals surface area contributed by atoms with E-state index in [1.54, 1.807) is 12.1 Å². The molecule has 1 aromatic heterocycles. The number of amides is 1. The lowest BCUT2D eigenvalue weighted by Gasteiger charge is -2.28. The van der Waals surface area contributed by atoms with Crippen LogP contribution in [0.15, 0.2) is 36.4 Å². The zero-order chi connectivity index (χ0) is 18.5. The van der Waals surface area contributed by atoms with Gasteiger partial charge in [-0.15, -0.1) is 11.3 Å². The lowest BCUT2D eigenvalue weighted by atomic mass is 10.0. The lowest BCUT2D eigenvalue weighted by molar-refractivity contribution is -0.909. The first-order valence-electron chi connectivity index (χ1n) is 8.92. The Morgan fingerprint density at radius 1 is 1.12 bits per heavy atom. The Balaban J connectivity index is 1.76. The molecule has 2 N–H and O–H groups in total. The molecule has 1 fully saturated rings. The van der Waals surface area contributed by atoms with Crippen molar-refractivity contribution in [2.45, 2.75) is 19.9 Å². The summed E-state index contributed by atoms with van der Waals surface area (Å²) in [5, 5.41) is 3.17. The van der Waals surface area contributed by atoms with E-state index in [0.29, 0.717) is 9.75 Å². The third-order valence-corrected chi connectivity index (χ3v) is 5.84. The van der Waals surface area contributed by atoms with E-state index in [9.17, 15) is 9.59 Å². The molecule has 1 saturated heterocycles. The number of ether oxygens (including phenoxy) is 1. The van der Waals surface area contributed by atoms with Gasteiger partial charge in [0.25, 0.3) is 5.91 Å². The second-order valence-electron chi connectivity index (χ2n) is 6.72. The van der Waals surface area contributed by atoms with Crippen LogP contribution in [0.1, 0.15) is 43.4 Å². The van der Waals surface area contributed by atoms with Gasteiger partial charge in [0.15, 0.2) is 5.78 Å². The summed E-state index contributed by atoms with van der Waals surface area (Å²) in [6.45, 7) is 7.82. The SMILES string of the molecule is CC(=O)c1ccc(C(=O)N[C@H](C[NH+]2CCOCC2)c2ccc(C)cc2)s1. The van der Waals surface area contributed by atoms with Crippen molar-refractivity contribution in [2.75, 3.05) is 32.8 Å². The molecule has 1 aliphatic heterocycles. The van der Waals surface area contributed by atoms with Crippen LogP contribution in [0.25, 0.3) is 0 Å². The molecule has 2 aromatic rings. The minimum Gasteiger partial charge on any atom is -0.370 e. The zero-order valence-electron chi connectivity index (χ0n) is 15.2. The van der Waals surface area contributed by atoms with Gasteiger partial charge in [-0.2, -0.15) is 0 Å². The number of carbonyl (C=O) groups is 2. The monoisotopic (exact) mass is 373 g/mol. The number of hydrogen-bond donors (Lipinski definition) is 2. The summed E-state index contributed by atoms with van der Waals surface area (Å²) in [5.41, 5.74) is 2.30. The van der Waals surface area contributed by atoms with Gasteiger partial charge in [0.05, 0.1) is 23.0 Å². The Morgan fingerprint density at radius 2 is 1.77 bits per heavy atom. The number of aryl methyl sites for hydroxylation is 1. The molecule has 138 valence electrons. The van der Waals surface area contributed by atoms with E-state index in [1.807, 2.05) is 0 Å². The van der Waals surface area contributed by atoms with Crippen molar-refractivity contribution in [2.24, 2.45) is 0 Å². The third kappa shape index (κ3) is 4.78. The molecule has 0 radical (unpaired) electrons. The Kier molecular flexibility index (Phi) is 6.19. The highest BCUT2D eigenvalue weighted by Gasteiger charge is 2.24. The van der Waals surface area contributed by atoms with Crippen LogP contribution in [0.2, 0.25) is 0 Å². The Bertz CT molecular complexity index is 764. The van der Waals surface area contributed by atoms with E-state index < -0.39 is 0 Å². The van der Waals surface area contributed by atoms with Gasteiger partial charge in [0.1, 0.15) is 25.7 Å². The topological polar surface area (TPSA) is 59.8 Å². The van der Waals surface area contributed by atoms with Gasteiger partial charge in [0.2, 0.25) is 0 Å². The Labute approximate surface area is 158 Å². The maximum Gasteiger partial charge on any atom is 0.262 e. The molecule has 1 amide bonds. The fraction of sp³-hybridized carbons (Fsp3) is 0.400. The number of Topliss-reactive ketones (excluding diaryl/α,β-unsaturated/α-hetero) is 1. The van der Waals surface area contributed by atoms with Gasteiger partial charge in [-0.1, -0.05) is 29.8 Å². The summed E-state index contributed by atoms with van der Waals surface area (Å²) in [5.74, 6) is -0.136. The van der Waals surface area contributed by atoms with Crippen LogP contribution in [-0.2, 0) is 4.74 Å². The van der Waals surface area contributed by atoms with E-state index >= 15 is 0 Å². The van der Waals surface area contributed by atoms with Crippen molar-refractivity contribution < 1.29 is 19.2 Å². The number of rotatable bonds is 6. The van der Waals surface area contributed by atoms with Crippen LogP contribution < -0.4 is 10.2 Å². The third-order valence-electron chi connectivity index (χ3n) is 4.65. The highest BCUT2D eigenvalue weighted by Crippen LogP contribution is 2.19. The van der Waals surface area contributed by atoms with Crippen LogP contribution in [-0.4, -0.2) is 44.5 Å². The molecule has 0 unspecified atom stereocenters. The summed E-state index contributed by atoms with van der Waals surface area (Å²) in [7, 11) is 0. The Hall–Kier alpha value is -2.02. The van der Waals surface area contributed by atoms with E-state index in [-0.39, 0.29) is 17.7 Å². The fourth-order valence-electron chi connectivity index (χ4n) is 3.08. The average molecular weight is 373 g/mol. The maximum atomic E-state index is 12.7. The van der Waals surface area contributed by atoms with Gasteiger partial charge in [-0.25, -0.2) is 0 Å². The summed E-state index contributed by atoms with van der Waals surface area (Å²) in [6, 6.07) is 11.7. The number of nitrogens with one attached hydrogen (secondary N) is 2.